The molecule has 0 aliphatic carbocycles. The number of hydrogen-bond acceptors (Lipinski definition) is 4. The third kappa shape index (κ3) is 3.45. The maximum atomic E-state index is 5.91. The number of aromatic nitrogens is 4. The van der Waals surface area contributed by atoms with E-state index in [1.54, 1.807) is 11.8 Å². The van der Waals surface area contributed by atoms with Crippen LogP contribution < -0.4 is 4.74 Å². The van der Waals surface area contributed by atoms with Gasteiger partial charge in [0.2, 0.25) is 5.78 Å². The molecule has 5 nitrogen and oxygen atoms in total. The summed E-state index contributed by atoms with van der Waals surface area (Å²) < 4.78 is 10.0. The summed E-state index contributed by atoms with van der Waals surface area (Å²) in [4.78, 5) is 0. The average Bonchev–Trinajstić information content (AvgIpc) is 3.31. The van der Waals surface area contributed by atoms with Crippen molar-refractivity contribution in [2.45, 2.75) is 5.16 Å². The van der Waals surface area contributed by atoms with Crippen molar-refractivity contribution >= 4 is 40.2 Å². The quantitative estimate of drug-likeness (QED) is 0.269. The van der Waals surface area contributed by atoms with Gasteiger partial charge in [-0.1, -0.05) is 53.7 Å². The molecule has 5 aromatic rings. The van der Waals surface area contributed by atoms with Gasteiger partial charge in [-0.3, -0.25) is 8.97 Å². The van der Waals surface area contributed by atoms with E-state index < -0.39 is 0 Å². The largest absolute Gasteiger partial charge is 0.493 e. The summed E-state index contributed by atoms with van der Waals surface area (Å²) in [5.41, 5.74) is 3.24. The van der Waals surface area contributed by atoms with Gasteiger partial charge in [-0.05, 0) is 48.5 Å². The first-order valence-electron chi connectivity index (χ1n) is 9.22. The monoisotopic (exact) mass is 420 g/mol. The molecule has 2 aromatic heterocycles. The van der Waals surface area contributed by atoms with Crippen molar-refractivity contribution in [3.05, 3.63) is 83.9 Å². The molecule has 3 aromatic carbocycles. The summed E-state index contributed by atoms with van der Waals surface area (Å²) in [6.07, 6.45) is 0. The molecule has 0 aliphatic rings. The fraction of sp³-hybridized carbons (Fsp3) is 0.0909. The van der Waals surface area contributed by atoms with E-state index in [2.05, 4.69) is 43.4 Å². The number of benzene rings is 3. The van der Waals surface area contributed by atoms with E-state index in [0.29, 0.717) is 11.6 Å². The minimum absolute atomic E-state index is 0.568. The van der Waals surface area contributed by atoms with Gasteiger partial charge >= 0.3 is 0 Å². The van der Waals surface area contributed by atoms with E-state index in [-0.39, 0.29) is 0 Å². The van der Waals surface area contributed by atoms with Crippen molar-refractivity contribution in [2.75, 3.05) is 12.4 Å². The van der Waals surface area contributed by atoms with Gasteiger partial charge in [0.25, 0.3) is 0 Å². The molecule has 0 bridgehead atoms. The molecule has 5 rings (SSSR count). The van der Waals surface area contributed by atoms with Gasteiger partial charge in [0.1, 0.15) is 5.75 Å². The van der Waals surface area contributed by atoms with Gasteiger partial charge < -0.3 is 4.74 Å². The molecule has 0 spiro atoms. The van der Waals surface area contributed by atoms with Crippen LogP contribution in [-0.2, 0) is 0 Å². The zero-order chi connectivity index (χ0) is 19.6. The number of imidazole rings is 1. The van der Waals surface area contributed by atoms with Crippen LogP contribution in [0.4, 0.5) is 0 Å². The van der Waals surface area contributed by atoms with Crippen LogP contribution in [0.25, 0.3) is 22.5 Å². The number of halogens is 1. The fourth-order valence-electron chi connectivity index (χ4n) is 3.32. The predicted molar refractivity (Wildman–Crippen MR) is 117 cm³/mol. The normalized spacial score (nSPS) is 11.3. The van der Waals surface area contributed by atoms with E-state index >= 15 is 0 Å². The number of fused-ring (bicyclic) bond motifs is 3. The van der Waals surface area contributed by atoms with Gasteiger partial charge in [-0.15, -0.1) is 10.2 Å². The molecule has 29 heavy (non-hydrogen) atoms. The number of rotatable bonds is 6. The molecule has 0 N–H and O–H groups in total. The van der Waals surface area contributed by atoms with Crippen molar-refractivity contribution in [3.63, 3.8) is 0 Å². The van der Waals surface area contributed by atoms with Gasteiger partial charge in [-0.2, -0.15) is 0 Å². The Kier molecular flexibility index (Phi) is 4.87. The molecule has 0 radical (unpaired) electrons. The number of hydrogen-bond donors (Lipinski definition) is 0. The van der Waals surface area contributed by atoms with Crippen LogP contribution >= 0.6 is 23.4 Å². The summed E-state index contributed by atoms with van der Waals surface area (Å²) in [5.74, 6) is 2.37. The second kappa shape index (κ2) is 7.81. The minimum Gasteiger partial charge on any atom is -0.493 e. The Balaban J connectivity index is 1.43. The van der Waals surface area contributed by atoms with Crippen molar-refractivity contribution in [3.8, 4) is 11.4 Å². The van der Waals surface area contributed by atoms with Gasteiger partial charge in [0.05, 0.1) is 17.6 Å². The zero-order valence-electron chi connectivity index (χ0n) is 15.4. The zero-order valence-corrected chi connectivity index (χ0v) is 17.0. The molecule has 0 aliphatic heterocycles. The smallest absolute Gasteiger partial charge is 0.241 e. The van der Waals surface area contributed by atoms with Crippen molar-refractivity contribution in [1.82, 2.24) is 19.2 Å². The topological polar surface area (TPSA) is 44.4 Å². The molecule has 0 atom stereocenters. The minimum atomic E-state index is 0.568. The lowest BCUT2D eigenvalue weighted by molar-refractivity contribution is 0.344. The van der Waals surface area contributed by atoms with Crippen LogP contribution in [0.2, 0.25) is 5.02 Å². The summed E-state index contributed by atoms with van der Waals surface area (Å²) in [6.45, 7) is 0.568. The lowest BCUT2D eigenvalue weighted by Crippen LogP contribution is -2.00. The Morgan fingerprint density at radius 2 is 1.55 bits per heavy atom. The Morgan fingerprint density at radius 3 is 2.34 bits per heavy atom. The molecular formula is C22H17ClN4OS. The molecule has 2 heterocycles. The van der Waals surface area contributed by atoms with E-state index in [4.69, 9.17) is 16.3 Å². The maximum absolute atomic E-state index is 5.91. The highest BCUT2D eigenvalue weighted by Crippen LogP contribution is 2.28. The van der Waals surface area contributed by atoms with Crippen molar-refractivity contribution in [2.24, 2.45) is 0 Å². The Morgan fingerprint density at radius 1 is 0.828 bits per heavy atom. The lowest BCUT2D eigenvalue weighted by atomic mass is 10.3. The maximum Gasteiger partial charge on any atom is 0.241 e. The van der Waals surface area contributed by atoms with Crippen LogP contribution in [0.5, 0.6) is 5.75 Å². The lowest BCUT2D eigenvalue weighted by Gasteiger charge is -2.05. The highest BCUT2D eigenvalue weighted by molar-refractivity contribution is 7.99. The molecule has 0 fully saturated rings. The first-order valence-corrected chi connectivity index (χ1v) is 10.6. The number of thioether (sulfide) groups is 1. The Hall–Kier alpha value is -2.96. The highest BCUT2D eigenvalue weighted by atomic mass is 35.5. The molecule has 7 heteroatoms. The third-order valence-corrected chi connectivity index (χ3v) is 5.74. The second-order valence-corrected chi connectivity index (χ2v) is 7.93. The van der Waals surface area contributed by atoms with Crippen LogP contribution in [0.15, 0.2) is 84.0 Å². The van der Waals surface area contributed by atoms with Crippen LogP contribution in [0.1, 0.15) is 0 Å². The van der Waals surface area contributed by atoms with E-state index in [0.717, 1.165) is 39.2 Å². The molecule has 144 valence electrons. The van der Waals surface area contributed by atoms with Crippen LogP contribution in [0, 0.1) is 0 Å². The Labute approximate surface area is 176 Å². The molecule has 0 unspecified atom stereocenters. The summed E-state index contributed by atoms with van der Waals surface area (Å²) in [5, 5.41) is 10.5. The fourth-order valence-corrected chi connectivity index (χ4v) is 4.20. The molecular weight excluding hydrogens is 404 g/mol. The molecule has 0 saturated heterocycles. The number of para-hydroxylation sites is 3. The van der Waals surface area contributed by atoms with E-state index in [1.807, 2.05) is 54.6 Å². The summed E-state index contributed by atoms with van der Waals surface area (Å²) in [7, 11) is 0. The van der Waals surface area contributed by atoms with Crippen LogP contribution in [-0.4, -0.2) is 31.5 Å². The van der Waals surface area contributed by atoms with E-state index in [1.165, 1.54) is 0 Å². The second-order valence-electron chi connectivity index (χ2n) is 6.43. The Bertz CT molecular complexity index is 1260. The number of nitrogens with zero attached hydrogens (tertiary/aromatic N) is 4. The summed E-state index contributed by atoms with van der Waals surface area (Å²) in [6, 6.07) is 25.9. The van der Waals surface area contributed by atoms with Gasteiger partial charge in [-0.25, -0.2) is 0 Å². The van der Waals surface area contributed by atoms with Gasteiger partial charge in [0, 0.05) is 16.5 Å². The first-order chi connectivity index (χ1) is 14.3. The van der Waals surface area contributed by atoms with Crippen molar-refractivity contribution in [1.29, 1.82) is 0 Å². The van der Waals surface area contributed by atoms with E-state index in [9.17, 15) is 0 Å². The van der Waals surface area contributed by atoms with Gasteiger partial charge in [0.15, 0.2) is 5.16 Å². The SMILES string of the molecule is Clc1ccc(OCCSc2nnc3n(-c4ccccc4)c4ccccc4n23)cc1. The predicted octanol–water partition coefficient (Wildman–Crippen LogP) is 5.50. The summed E-state index contributed by atoms with van der Waals surface area (Å²) >= 11 is 7.54. The molecule has 0 saturated carbocycles. The average molecular weight is 421 g/mol. The third-order valence-electron chi connectivity index (χ3n) is 4.59. The van der Waals surface area contributed by atoms with Crippen LogP contribution in [0.3, 0.4) is 0 Å². The van der Waals surface area contributed by atoms with Crippen molar-refractivity contribution < 1.29 is 4.74 Å². The number of ether oxygens (including phenoxy) is 1. The highest BCUT2D eigenvalue weighted by Gasteiger charge is 2.17. The molecule has 0 amide bonds. The standard InChI is InChI=1S/C22H17ClN4OS/c23-16-10-12-18(13-11-16)28-14-15-29-22-25-24-21-26(17-6-2-1-3-7-17)19-8-4-5-9-20(19)27(21)22/h1-13H,14-15H2. The first kappa shape index (κ1) is 18.1.